The van der Waals surface area contributed by atoms with E-state index in [0.717, 1.165) is 6.07 Å². The third-order valence-corrected chi connectivity index (χ3v) is 4.50. The quantitative estimate of drug-likeness (QED) is 0.529. The van der Waals surface area contributed by atoms with Crippen LogP contribution < -0.4 is 15.5 Å². The van der Waals surface area contributed by atoms with Gasteiger partial charge in [0.1, 0.15) is 5.75 Å². The monoisotopic (exact) mass is 455 g/mol. The van der Waals surface area contributed by atoms with E-state index in [-0.39, 0.29) is 24.3 Å². The number of carboxylic acids is 1. The van der Waals surface area contributed by atoms with Crippen LogP contribution in [0, 0.1) is 5.92 Å². The maximum Gasteiger partial charge on any atom is 0.419 e. The fourth-order valence-corrected chi connectivity index (χ4v) is 2.88. The molecule has 0 aromatic heterocycles. The highest BCUT2D eigenvalue weighted by Crippen LogP contribution is 2.37. The van der Waals surface area contributed by atoms with Gasteiger partial charge in [-0.3, -0.25) is 4.79 Å². The molecule has 0 aliphatic heterocycles. The van der Waals surface area contributed by atoms with E-state index in [2.05, 4.69) is 4.99 Å². The van der Waals surface area contributed by atoms with Crippen molar-refractivity contribution in [2.24, 2.45) is 11.7 Å². The Hall–Kier alpha value is -3.00. The van der Waals surface area contributed by atoms with Crippen molar-refractivity contribution in [1.82, 2.24) is 0 Å². The van der Waals surface area contributed by atoms with Gasteiger partial charge in [0.2, 0.25) is 11.4 Å². The summed E-state index contributed by atoms with van der Waals surface area (Å²) in [6.45, 7) is 2.87. The van der Waals surface area contributed by atoms with Crippen molar-refractivity contribution in [2.75, 3.05) is 6.61 Å². The summed E-state index contributed by atoms with van der Waals surface area (Å²) in [5, 5.41) is 9.54. The molecule has 0 aliphatic rings. The van der Waals surface area contributed by atoms with Crippen molar-refractivity contribution in [1.29, 1.82) is 0 Å². The average Bonchev–Trinajstić information content (AvgIpc) is 2.67. The maximum absolute atomic E-state index is 13.6. The number of aliphatic carboxylic acids is 1. The van der Waals surface area contributed by atoms with Gasteiger partial charge in [0, 0.05) is 28.9 Å². The van der Waals surface area contributed by atoms with E-state index in [1.165, 1.54) is 19.1 Å². The first kappa shape index (κ1) is 24.3. The minimum atomic E-state index is -4.67. The molecule has 0 heterocycles. The van der Waals surface area contributed by atoms with E-state index in [1.54, 1.807) is 37.3 Å². The van der Waals surface area contributed by atoms with Gasteiger partial charge in [-0.05, 0) is 43.2 Å². The van der Waals surface area contributed by atoms with Crippen LogP contribution in [0.3, 0.4) is 0 Å². The maximum atomic E-state index is 13.6. The van der Waals surface area contributed by atoms with Crippen molar-refractivity contribution in [3.63, 3.8) is 0 Å². The van der Waals surface area contributed by atoms with Crippen molar-refractivity contribution in [3.05, 3.63) is 70.4 Å². The van der Waals surface area contributed by atoms with E-state index >= 15 is 0 Å². The Labute approximate surface area is 183 Å². The summed E-state index contributed by atoms with van der Waals surface area (Å²) in [6.07, 6.45) is -3.13. The normalized spacial score (nSPS) is 13.7. The molecule has 0 aliphatic carbocycles. The Bertz CT molecular complexity index is 982. The van der Waals surface area contributed by atoms with Crippen LogP contribution in [0.25, 0.3) is 0 Å². The smallest absolute Gasteiger partial charge is 0.419 e. The Morgan fingerprint density at radius 3 is 2.45 bits per heavy atom. The van der Waals surface area contributed by atoms with Gasteiger partial charge in [0.05, 0.1) is 11.5 Å². The molecule has 4 N–H and O–H groups in total. The summed E-state index contributed by atoms with van der Waals surface area (Å²) in [5.74, 6) is -2.25. The number of nitrogens with two attached hydrogens (primary N) is 1. The molecule has 0 bridgehead atoms. The second kappa shape index (κ2) is 10.3. The number of alkyl halides is 3. The molecule has 0 amide bonds. The Balaban J connectivity index is 2.30. The fraction of sp³-hybridized carbons (Fsp3) is 0.273. The van der Waals surface area contributed by atoms with Crippen LogP contribution in [0.4, 0.5) is 18.9 Å². The van der Waals surface area contributed by atoms with Gasteiger partial charge < -0.3 is 15.6 Å². The number of hydrogen-bond acceptors (Lipinski definition) is 3. The number of ether oxygens (including phenoxy) is 1. The molecule has 0 saturated heterocycles. The molecule has 9 heteroatoms. The van der Waals surface area contributed by atoms with Crippen LogP contribution in [0.2, 0.25) is 5.02 Å². The molecule has 5 nitrogen and oxygen atoms in total. The van der Waals surface area contributed by atoms with Gasteiger partial charge in [-0.25, -0.2) is 4.99 Å². The second-order valence-corrected chi connectivity index (χ2v) is 7.54. The first-order valence-electron chi connectivity index (χ1n) is 9.33. The molecule has 166 valence electrons. The van der Waals surface area contributed by atoms with Crippen LogP contribution >= 0.6 is 11.6 Å². The van der Waals surface area contributed by atoms with Gasteiger partial charge in [-0.1, -0.05) is 24.6 Å². The highest BCUT2D eigenvalue weighted by Gasteiger charge is 2.35. The predicted molar refractivity (Wildman–Crippen MR) is 112 cm³/mol. The molecule has 31 heavy (non-hydrogen) atoms. The third-order valence-electron chi connectivity index (χ3n) is 4.25. The predicted octanol–water partition coefficient (Wildman–Crippen LogP) is 3.72. The van der Waals surface area contributed by atoms with Gasteiger partial charge in [-0.2, -0.15) is 13.2 Å². The van der Waals surface area contributed by atoms with Gasteiger partial charge in [0.15, 0.2) is 6.61 Å². The first-order chi connectivity index (χ1) is 14.5. The second-order valence-electron chi connectivity index (χ2n) is 7.11. The molecule has 0 fully saturated rings. The molecule has 2 aromatic carbocycles. The number of carboxylic acid groups (broad SMARTS) is 1. The van der Waals surface area contributed by atoms with Crippen LogP contribution in [-0.2, 0) is 17.4 Å². The highest BCUT2D eigenvalue weighted by atomic mass is 35.5. The van der Waals surface area contributed by atoms with Crippen molar-refractivity contribution in [2.45, 2.75) is 26.4 Å². The molecular weight excluding hydrogens is 433 g/mol. The molecule has 1 unspecified atom stereocenters. The van der Waals surface area contributed by atoms with Gasteiger partial charge in [0.25, 0.3) is 0 Å². The molecule has 2 aromatic rings. The van der Waals surface area contributed by atoms with Crippen LogP contribution in [0.15, 0.2) is 54.2 Å². The topological polar surface area (TPSA) is 86.5 Å². The zero-order valence-electron chi connectivity index (χ0n) is 17.0. The Morgan fingerprint density at radius 1 is 1.26 bits per heavy atom. The molecular formula is C22H23ClF3N2O3+. The zero-order valence-corrected chi connectivity index (χ0v) is 17.7. The fourth-order valence-electron chi connectivity index (χ4n) is 2.76. The van der Waals surface area contributed by atoms with E-state index < -0.39 is 23.6 Å². The molecule has 0 saturated carbocycles. The Morgan fingerprint density at radius 2 is 1.90 bits per heavy atom. The number of rotatable bonds is 8. The molecule has 0 radical (unpaired) electrons. The number of hydrogen-bond donors (Lipinski definition) is 3. The van der Waals surface area contributed by atoms with Crippen molar-refractivity contribution < 1.29 is 32.8 Å². The van der Waals surface area contributed by atoms with E-state index in [0.29, 0.717) is 22.1 Å². The SMILES string of the molecule is CC(N)=CC(COc1ccc(CC(C)C(=O)O)cc1C(F)(F)F)=[NH+]c1ccc(Cl)cc1. The summed E-state index contributed by atoms with van der Waals surface area (Å²) in [5.41, 5.74) is 6.56. The van der Waals surface area contributed by atoms with Crippen LogP contribution in [0.5, 0.6) is 5.75 Å². The molecule has 1 atom stereocenters. The van der Waals surface area contributed by atoms with Gasteiger partial charge >= 0.3 is 12.1 Å². The summed E-state index contributed by atoms with van der Waals surface area (Å²) in [6, 6.07) is 10.3. The van der Waals surface area contributed by atoms with Crippen molar-refractivity contribution in [3.8, 4) is 5.75 Å². The largest absolute Gasteiger partial charge is 0.482 e. The summed E-state index contributed by atoms with van der Waals surface area (Å²) in [4.78, 5) is 14.1. The molecule has 2 rings (SSSR count). The lowest BCUT2D eigenvalue weighted by Crippen LogP contribution is -2.67. The van der Waals surface area contributed by atoms with Crippen molar-refractivity contribution >= 4 is 29.0 Å². The number of carbonyl (C=O) groups is 1. The number of halogens is 4. The summed E-state index contributed by atoms with van der Waals surface area (Å²) < 4.78 is 46.2. The number of allylic oxidation sites excluding steroid dienone is 1. The lowest BCUT2D eigenvalue weighted by Gasteiger charge is -2.15. The van der Waals surface area contributed by atoms with Gasteiger partial charge in [-0.15, -0.1) is 0 Å². The molecule has 0 spiro atoms. The van der Waals surface area contributed by atoms with Crippen LogP contribution in [-0.4, -0.2) is 23.4 Å². The summed E-state index contributed by atoms with van der Waals surface area (Å²) in [7, 11) is 0. The minimum Gasteiger partial charge on any atom is -0.482 e. The lowest BCUT2D eigenvalue weighted by molar-refractivity contribution is -0.354. The highest BCUT2D eigenvalue weighted by molar-refractivity contribution is 6.30. The van der Waals surface area contributed by atoms with E-state index in [1.807, 2.05) is 0 Å². The van der Waals surface area contributed by atoms with Crippen LogP contribution in [0.1, 0.15) is 25.0 Å². The van der Waals surface area contributed by atoms with E-state index in [4.69, 9.17) is 27.2 Å². The average molecular weight is 456 g/mol. The zero-order chi connectivity index (χ0) is 23.2. The summed E-state index contributed by atoms with van der Waals surface area (Å²) >= 11 is 5.87. The lowest BCUT2D eigenvalue weighted by atomic mass is 9.99. The minimum absolute atomic E-state index is 0.0245. The first-order valence-corrected chi connectivity index (χ1v) is 9.71. The standard InChI is InChI=1S/C22H22ClF3N2O3/c1-13(21(29)30)9-15-3-8-20(19(11-15)22(24,25)26)31-12-18(10-14(2)27)28-17-6-4-16(23)5-7-17/h3-8,10-11,13H,9,12,27H2,1-2H3,(H,29,30)/p+1. The Kier molecular flexibility index (Phi) is 8.10. The number of nitrogens with one attached hydrogen (secondary N) is 1. The number of benzene rings is 2. The van der Waals surface area contributed by atoms with E-state index in [9.17, 15) is 18.0 Å². The third kappa shape index (κ3) is 7.64.